The van der Waals surface area contributed by atoms with E-state index < -0.39 is 12.0 Å². The largest absolute Gasteiger partial charge is 0.497 e. The van der Waals surface area contributed by atoms with Crippen LogP contribution in [0.5, 0.6) is 11.5 Å². The van der Waals surface area contributed by atoms with Crippen LogP contribution in [0.2, 0.25) is 0 Å². The summed E-state index contributed by atoms with van der Waals surface area (Å²) in [6.07, 6.45) is 0. The van der Waals surface area contributed by atoms with Gasteiger partial charge >= 0.3 is 5.97 Å². The maximum Gasteiger partial charge on any atom is 0.328 e. The van der Waals surface area contributed by atoms with Crippen molar-refractivity contribution < 1.29 is 23.8 Å². The van der Waals surface area contributed by atoms with Crippen LogP contribution in [-0.4, -0.2) is 49.6 Å². The van der Waals surface area contributed by atoms with Gasteiger partial charge in [0, 0.05) is 19.2 Å². The van der Waals surface area contributed by atoms with Gasteiger partial charge in [0.1, 0.15) is 30.2 Å². The molecule has 2 aromatic carbocycles. The summed E-state index contributed by atoms with van der Waals surface area (Å²) in [5, 5.41) is 2.73. The molecule has 0 bridgehead atoms. The predicted octanol–water partition coefficient (Wildman–Crippen LogP) is 2.14. The quantitative estimate of drug-likeness (QED) is 0.515. The highest BCUT2D eigenvalue weighted by Crippen LogP contribution is 2.27. The zero-order valence-electron chi connectivity index (χ0n) is 16.9. The molecule has 3 rings (SSSR count). The van der Waals surface area contributed by atoms with Crippen molar-refractivity contribution in [3.63, 3.8) is 0 Å². The third kappa shape index (κ3) is 5.71. The van der Waals surface area contributed by atoms with Crippen molar-refractivity contribution in [3.05, 3.63) is 59.7 Å². The maximum absolute atomic E-state index is 12.4. The van der Waals surface area contributed by atoms with Crippen LogP contribution in [0.1, 0.15) is 18.1 Å². The van der Waals surface area contributed by atoms with Crippen molar-refractivity contribution in [1.29, 1.82) is 0 Å². The lowest BCUT2D eigenvalue weighted by atomic mass is 10.2. The first-order valence-electron chi connectivity index (χ1n) is 9.47. The van der Waals surface area contributed by atoms with Gasteiger partial charge in [-0.25, -0.2) is 4.79 Å². The fourth-order valence-corrected chi connectivity index (χ4v) is 3.01. The Labute approximate surface area is 170 Å². The third-order valence-corrected chi connectivity index (χ3v) is 4.75. The number of methoxy groups -OCH3 is 2. The van der Waals surface area contributed by atoms with Crippen molar-refractivity contribution in [2.24, 2.45) is 0 Å². The third-order valence-electron chi connectivity index (χ3n) is 4.75. The number of nitrogens with one attached hydrogen (secondary N) is 1. The Bertz CT molecular complexity index is 833. The summed E-state index contributed by atoms with van der Waals surface area (Å²) in [5.41, 5.74) is 1.90. The van der Waals surface area contributed by atoms with Crippen LogP contribution in [0.15, 0.2) is 48.5 Å². The second-order valence-electron chi connectivity index (χ2n) is 6.99. The molecule has 3 unspecified atom stereocenters. The topological polar surface area (TPSA) is 76.9 Å². The summed E-state index contributed by atoms with van der Waals surface area (Å²) < 4.78 is 15.8. The van der Waals surface area contributed by atoms with Gasteiger partial charge in [0.25, 0.3) is 0 Å². The molecule has 154 valence electrons. The number of nitrogens with zero attached hydrogens (tertiary/aromatic N) is 1. The van der Waals surface area contributed by atoms with Crippen LogP contribution in [0.25, 0.3) is 0 Å². The monoisotopic (exact) mass is 398 g/mol. The summed E-state index contributed by atoms with van der Waals surface area (Å²) >= 11 is 0. The van der Waals surface area contributed by atoms with Crippen molar-refractivity contribution in [3.8, 4) is 11.5 Å². The van der Waals surface area contributed by atoms with E-state index in [-0.39, 0.29) is 18.6 Å². The lowest BCUT2D eigenvalue weighted by Gasteiger charge is -2.14. The van der Waals surface area contributed by atoms with Gasteiger partial charge in [0.05, 0.1) is 14.2 Å². The van der Waals surface area contributed by atoms with E-state index in [1.54, 1.807) is 27.2 Å². The highest BCUT2D eigenvalue weighted by atomic mass is 16.5. The Kier molecular flexibility index (Phi) is 6.72. The van der Waals surface area contributed by atoms with E-state index in [4.69, 9.17) is 14.2 Å². The smallest absolute Gasteiger partial charge is 0.328 e. The van der Waals surface area contributed by atoms with Gasteiger partial charge in [-0.05, 0) is 30.2 Å². The van der Waals surface area contributed by atoms with E-state index in [1.165, 1.54) is 0 Å². The number of amides is 1. The Morgan fingerprint density at radius 1 is 1.07 bits per heavy atom. The van der Waals surface area contributed by atoms with Crippen LogP contribution in [0.4, 0.5) is 0 Å². The van der Waals surface area contributed by atoms with E-state index in [9.17, 15) is 9.59 Å². The average molecular weight is 398 g/mol. The molecule has 1 heterocycles. The summed E-state index contributed by atoms with van der Waals surface area (Å²) in [7, 11) is 3.20. The van der Waals surface area contributed by atoms with Crippen molar-refractivity contribution in [1.82, 2.24) is 10.2 Å². The van der Waals surface area contributed by atoms with Crippen molar-refractivity contribution in [2.45, 2.75) is 32.2 Å². The number of benzene rings is 2. The fourth-order valence-electron chi connectivity index (χ4n) is 3.01. The molecule has 1 N–H and O–H groups in total. The van der Waals surface area contributed by atoms with Crippen molar-refractivity contribution in [2.75, 3.05) is 20.8 Å². The van der Waals surface area contributed by atoms with Gasteiger partial charge in [-0.15, -0.1) is 0 Å². The van der Waals surface area contributed by atoms with Gasteiger partial charge in [0.2, 0.25) is 5.91 Å². The molecule has 29 heavy (non-hydrogen) atoms. The summed E-state index contributed by atoms with van der Waals surface area (Å²) in [6.45, 7) is 3.05. The fraction of sp³-hybridized carbons (Fsp3) is 0.364. The van der Waals surface area contributed by atoms with Crippen LogP contribution in [0.3, 0.4) is 0 Å². The molecule has 1 amide bonds. The molecule has 7 heteroatoms. The Balaban J connectivity index is 1.46. The molecule has 3 atom stereocenters. The number of esters is 1. The lowest BCUT2D eigenvalue weighted by molar-refractivity contribution is -0.148. The molecule has 1 fully saturated rings. The Hall–Kier alpha value is -3.06. The molecule has 2 aromatic rings. The number of hydrogen-bond acceptors (Lipinski definition) is 6. The number of carbonyl (C=O) groups is 2. The second-order valence-corrected chi connectivity index (χ2v) is 6.99. The first kappa shape index (κ1) is 20.7. The molecule has 0 spiro atoms. The number of hydrogen-bond donors (Lipinski definition) is 1. The first-order valence-corrected chi connectivity index (χ1v) is 9.47. The summed E-state index contributed by atoms with van der Waals surface area (Å²) in [6, 6.07) is 14.1. The standard InChI is InChI=1S/C22H26N2O5/c1-15(22(26)29-14-16-7-5-4-6-8-16)23-21(25)20-13-24(20)12-17-9-18(27-2)11-19(10-17)28-3/h4-11,15,20H,12-14H2,1-3H3,(H,23,25). The van der Waals surface area contributed by atoms with Crippen molar-refractivity contribution >= 4 is 11.9 Å². The molecule has 0 aliphatic carbocycles. The number of carbonyl (C=O) groups excluding carboxylic acids is 2. The minimum atomic E-state index is -0.703. The van der Waals surface area contributed by atoms with Crippen LogP contribution >= 0.6 is 0 Å². The molecular formula is C22H26N2O5. The molecule has 0 saturated carbocycles. The highest BCUT2D eigenvalue weighted by molar-refractivity contribution is 5.89. The van der Waals surface area contributed by atoms with Crippen LogP contribution < -0.4 is 14.8 Å². The lowest BCUT2D eigenvalue weighted by Crippen LogP contribution is -2.42. The van der Waals surface area contributed by atoms with Crippen LogP contribution in [-0.2, 0) is 27.5 Å². The molecular weight excluding hydrogens is 372 g/mol. The Morgan fingerprint density at radius 3 is 2.34 bits per heavy atom. The van der Waals surface area contributed by atoms with E-state index in [0.717, 1.165) is 11.1 Å². The minimum Gasteiger partial charge on any atom is -0.497 e. The van der Waals surface area contributed by atoms with E-state index in [0.29, 0.717) is 24.6 Å². The second kappa shape index (κ2) is 9.43. The zero-order valence-corrected chi connectivity index (χ0v) is 16.9. The summed E-state index contributed by atoms with van der Waals surface area (Å²) in [5.74, 6) is 0.782. The van der Waals surface area contributed by atoms with Gasteiger partial charge in [-0.2, -0.15) is 0 Å². The first-order chi connectivity index (χ1) is 14.0. The van der Waals surface area contributed by atoms with Gasteiger partial charge in [0.15, 0.2) is 0 Å². The van der Waals surface area contributed by atoms with E-state index in [2.05, 4.69) is 5.32 Å². The molecule has 1 aliphatic heterocycles. The maximum atomic E-state index is 12.4. The molecule has 7 nitrogen and oxygen atoms in total. The SMILES string of the molecule is COc1cc(CN2CC2C(=O)NC(C)C(=O)OCc2ccccc2)cc(OC)c1. The summed E-state index contributed by atoms with van der Waals surface area (Å²) in [4.78, 5) is 26.6. The zero-order chi connectivity index (χ0) is 20.8. The molecule has 0 aromatic heterocycles. The average Bonchev–Trinajstić information content (AvgIpc) is 3.51. The number of ether oxygens (including phenoxy) is 3. The minimum absolute atomic E-state index is 0.177. The number of rotatable bonds is 9. The van der Waals surface area contributed by atoms with Gasteiger partial charge in [-0.3, -0.25) is 9.69 Å². The van der Waals surface area contributed by atoms with Gasteiger partial charge in [-0.1, -0.05) is 30.3 Å². The Morgan fingerprint density at radius 2 is 1.72 bits per heavy atom. The molecule has 0 radical (unpaired) electrons. The molecule has 1 saturated heterocycles. The van der Waals surface area contributed by atoms with Gasteiger partial charge < -0.3 is 19.5 Å². The molecule has 1 aliphatic rings. The highest BCUT2D eigenvalue weighted by Gasteiger charge is 2.41. The predicted molar refractivity (Wildman–Crippen MR) is 108 cm³/mol. The van der Waals surface area contributed by atoms with E-state index in [1.807, 2.05) is 47.4 Å². The van der Waals surface area contributed by atoms with E-state index >= 15 is 0 Å². The van der Waals surface area contributed by atoms with Crippen LogP contribution in [0, 0.1) is 0 Å². The normalized spacial score (nSPS) is 18.4.